The van der Waals surface area contributed by atoms with Crippen molar-refractivity contribution in [2.75, 3.05) is 30.9 Å². The highest BCUT2D eigenvalue weighted by Gasteiger charge is 2.22. The van der Waals surface area contributed by atoms with E-state index >= 15 is 0 Å². The molecule has 11 heteroatoms. The number of sulfonamides is 1. The number of methoxy groups -OCH3 is 2. The summed E-state index contributed by atoms with van der Waals surface area (Å²) >= 11 is 0. The fourth-order valence-corrected chi connectivity index (χ4v) is 4.40. The van der Waals surface area contributed by atoms with Crippen LogP contribution in [0.5, 0.6) is 11.5 Å². The van der Waals surface area contributed by atoms with Crippen LogP contribution < -0.4 is 19.5 Å². The monoisotopic (exact) mass is 499 g/mol. The van der Waals surface area contributed by atoms with Gasteiger partial charge in [0, 0.05) is 11.4 Å². The Morgan fingerprint density at radius 2 is 1.63 bits per heavy atom. The van der Waals surface area contributed by atoms with Gasteiger partial charge in [-0.25, -0.2) is 18.2 Å². The highest BCUT2D eigenvalue weighted by molar-refractivity contribution is 7.92. The molecule has 35 heavy (non-hydrogen) atoms. The van der Waals surface area contributed by atoms with Crippen LogP contribution in [-0.4, -0.2) is 46.1 Å². The number of pyridine rings is 1. The molecule has 0 spiro atoms. The predicted molar refractivity (Wildman–Crippen MR) is 130 cm³/mol. The highest BCUT2D eigenvalue weighted by atomic mass is 32.2. The molecule has 0 radical (unpaired) electrons. The number of nitrogens with zero attached hydrogens (tertiary/aromatic N) is 1. The molecule has 0 unspecified atom stereocenters. The zero-order valence-corrected chi connectivity index (χ0v) is 20.4. The van der Waals surface area contributed by atoms with Crippen LogP contribution in [0, 0.1) is 6.92 Å². The Labute approximate surface area is 203 Å². The summed E-state index contributed by atoms with van der Waals surface area (Å²) in [7, 11) is -1.21. The number of anilines is 2. The smallest absolute Gasteiger partial charge is 0.339 e. The minimum Gasteiger partial charge on any atom is -0.497 e. The molecular weight excluding hydrogens is 474 g/mol. The number of carbonyl (C=O) groups excluding carboxylic acids is 2. The van der Waals surface area contributed by atoms with Crippen molar-refractivity contribution in [3.63, 3.8) is 0 Å². The molecule has 0 fully saturated rings. The largest absolute Gasteiger partial charge is 0.497 e. The molecule has 0 aliphatic heterocycles. The Balaban J connectivity index is 1.84. The Hall–Kier alpha value is -4.12. The second kappa shape index (κ2) is 10.9. The number of hydrogen-bond acceptors (Lipinski definition) is 8. The lowest BCUT2D eigenvalue weighted by Gasteiger charge is -2.14. The Kier molecular flexibility index (Phi) is 7.92. The van der Waals surface area contributed by atoms with Crippen LogP contribution in [0.4, 0.5) is 11.4 Å². The van der Waals surface area contributed by atoms with Crippen LogP contribution >= 0.6 is 0 Å². The lowest BCUT2D eigenvalue weighted by molar-refractivity contribution is 0.0524. The second-order valence-corrected chi connectivity index (χ2v) is 8.85. The maximum atomic E-state index is 13.1. The normalized spacial score (nSPS) is 10.9. The maximum Gasteiger partial charge on any atom is 0.339 e. The van der Waals surface area contributed by atoms with Gasteiger partial charge in [-0.1, -0.05) is 0 Å². The van der Waals surface area contributed by atoms with Gasteiger partial charge < -0.3 is 19.5 Å². The van der Waals surface area contributed by atoms with E-state index in [9.17, 15) is 18.0 Å². The number of hydrogen-bond donors (Lipinski definition) is 2. The van der Waals surface area contributed by atoms with Crippen molar-refractivity contribution in [2.45, 2.75) is 18.7 Å². The summed E-state index contributed by atoms with van der Waals surface area (Å²) in [5.74, 6) is -0.440. The topological polar surface area (TPSA) is 133 Å². The summed E-state index contributed by atoms with van der Waals surface area (Å²) in [5.41, 5.74) is 1.17. The van der Waals surface area contributed by atoms with E-state index in [4.69, 9.17) is 14.2 Å². The van der Waals surface area contributed by atoms with Crippen LogP contribution in [-0.2, 0) is 14.8 Å². The van der Waals surface area contributed by atoms with Crippen LogP contribution in [0.3, 0.4) is 0 Å². The first-order valence-corrected chi connectivity index (χ1v) is 12.0. The average Bonchev–Trinajstić information content (AvgIpc) is 2.84. The number of rotatable bonds is 9. The Morgan fingerprint density at radius 1 is 0.943 bits per heavy atom. The third-order valence-electron chi connectivity index (χ3n) is 4.87. The van der Waals surface area contributed by atoms with Gasteiger partial charge in [-0.05, 0) is 68.4 Å². The highest BCUT2D eigenvalue weighted by Crippen LogP contribution is 2.29. The number of aryl methyl sites for hydroxylation is 1. The van der Waals surface area contributed by atoms with Crippen molar-refractivity contribution >= 4 is 33.3 Å². The molecule has 0 aliphatic carbocycles. The van der Waals surface area contributed by atoms with Gasteiger partial charge in [-0.15, -0.1) is 0 Å². The zero-order valence-electron chi connectivity index (χ0n) is 19.6. The van der Waals surface area contributed by atoms with Crippen LogP contribution in [0.25, 0.3) is 0 Å². The van der Waals surface area contributed by atoms with Gasteiger partial charge in [0.1, 0.15) is 22.1 Å². The van der Waals surface area contributed by atoms with Gasteiger partial charge in [0.05, 0.1) is 32.1 Å². The minimum atomic E-state index is -4.06. The number of benzene rings is 2. The van der Waals surface area contributed by atoms with E-state index in [0.717, 1.165) is 0 Å². The Bertz CT molecular complexity index is 1340. The molecule has 1 amide bonds. The summed E-state index contributed by atoms with van der Waals surface area (Å²) in [6.07, 6.45) is 0. The molecule has 0 saturated carbocycles. The van der Waals surface area contributed by atoms with E-state index in [-0.39, 0.29) is 34.2 Å². The summed E-state index contributed by atoms with van der Waals surface area (Å²) in [6, 6.07) is 13.4. The van der Waals surface area contributed by atoms with Crippen LogP contribution in [0.1, 0.15) is 33.5 Å². The van der Waals surface area contributed by atoms with Crippen LogP contribution in [0.2, 0.25) is 0 Å². The zero-order chi connectivity index (χ0) is 25.6. The van der Waals surface area contributed by atoms with E-state index in [0.29, 0.717) is 17.1 Å². The molecule has 0 bridgehead atoms. The molecule has 10 nitrogen and oxygen atoms in total. The second-order valence-electron chi connectivity index (χ2n) is 7.20. The standard InChI is InChI=1S/C24H25N3O7S/c1-5-34-24(29)19-11-12-20(25-15(19)2)23(28)26-17-8-13-21(33-4)22(14-17)35(30,31)27-16-6-9-18(32-3)10-7-16/h6-14,27H,5H2,1-4H3,(H,26,28). The quantitative estimate of drug-likeness (QED) is 0.427. The molecule has 2 N–H and O–H groups in total. The number of nitrogens with one attached hydrogen (secondary N) is 2. The molecule has 2 aromatic carbocycles. The average molecular weight is 500 g/mol. The Morgan fingerprint density at radius 3 is 2.23 bits per heavy atom. The summed E-state index contributed by atoms with van der Waals surface area (Å²) in [4.78, 5) is 28.7. The first-order valence-electron chi connectivity index (χ1n) is 10.5. The summed E-state index contributed by atoms with van der Waals surface area (Å²) in [5, 5.41) is 2.62. The molecule has 1 aromatic heterocycles. The van der Waals surface area contributed by atoms with Crippen molar-refractivity contribution in [2.24, 2.45) is 0 Å². The van der Waals surface area contributed by atoms with Crippen molar-refractivity contribution in [3.8, 4) is 11.5 Å². The molecule has 3 aromatic rings. The number of esters is 1. The van der Waals surface area contributed by atoms with Crippen molar-refractivity contribution in [3.05, 3.63) is 71.5 Å². The van der Waals surface area contributed by atoms with E-state index in [1.807, 2.05) is 0 Å². The van der Waals surface area contributed by atoms with E-state index in [1.54, 1.807) is 38.1 Å². The minimum absolute atomic E-state index is 0.0483. The van der Waals surface area contributed by atoms with E-state index in [1.165, 1.54) is 44.6 Å². The molecular formula is C24H25N3O7S. The van der Waals surface area contributed by atoms with E-state index < -0.39 is 21.9 Å². The lowest BCUT2D eigenvalue weighted by Crippen LogP contribution is -2.17. The molecule has 0 atom stereocenters. The number of ether oxygens (including phenoxy) is 3. The predicted octanol–water partition coefficient (Wildman–Crippen LogP) is 3.64. The van der Waals surface area contributed by atoms with Gasteiger partial charge in [-0.3, -0.25) is 9.52 Å². The number of carbonyl (C=O) groups is 2. The third-order valence-corrected chi connectivity index (χ3v) is 6.27. The fraction of sp³-hybridized carbons (Fsp3) is 0.208. The molecule has 0 saturated heterocycles. The summed E-state index contributed by atoms with van der Waals surface area (Å²) in [6.45, 7) is 3.50. The van der Waals surface area contributed by atoms with Gasteiger partial charge in [0.2, 0.25) is 0 Å². The molecule has 0 aliphatic rings. The van der Waals surface area contributed by atoms with Crippen molar-refractivity contribution in [1.82, 2.24) is 4.98 Å². The van der Waals surface area contributed by atoms with Gasteiger partial charge in [0.25, 0.3) is 15.9 Å². The lowest BCUT2D eigenvalue weighted by atomic mass is 10.2. The first-order chi connectivity index (χ1) is 16.7. The van der Waals surface area contributed by atoms with Gasteiger partial charge in [-0.2, -0.15) is 0 Å². The third kappa shape index (κ3) is 6.07. The maximum absolute atomic E-state index is 13.1. The van der Waals surface area contributed by atoms with Crippen LogP contribution in [0.15, 0.2) is 59.5 Å². The SMILES string of the molecule is CCOC(=O)c1ccc(C(=O)Nc2ccc(OC)c(S(=O)(=O)Nc3ccc(OC)cc3)c2)nc1C. The van der Waals surface area contributed by atoms with Gasteiger partial charge in [0.15, 0.2) is 0 Å². The summed E-state index contributed by atoms with van der Waals surface area (Å²) < 4.78 is 43.8. The van der Waals surface area contributed by atoms with Crippen molar-refractivity contribution < 1.29 is 32.2 Å². The number of aromatic nitrogens is 1. The molecule has 184 valence electrons. The molecule has 3 rings (SSSR count). The number of amides is 1. The fourth-order valence-electron chi connectivity index (χ4n) is 3.14. The van der Waals surface area contributed by atoms with E-state index in [2.05, 4.69) is 15.0 Å². The molecule has 1 heterocycles. The first kappa shape index (κ1) is 25.5. The van der Waals surface area contributed by atoms with Gasteiger partial charge >= 0.3 is 5.97 Å². The van der Waals surface area contributed by atoms with Crippen molar-refractivity contribution in [1.29, 1.82) is 0 Å².